The highest BCUT2D eigenvalue weighted by Gasteiger charge is 2.44. The van der Waals surface area contributed by atoms with E-state index < -0.39 is 5.60 Å². The fraction of sp³-hybridized carbons (Fsp3) is 0.368. The van der Waals surface area contributed by atoms with Crippen LogP contribution >= 0.6 is 0 Å². The van der Waals surface area contributed by atoms with Gasteiger partial charge in [0.1, 0.15) is 5.60 Å². The highest BCUT2D eigenvalue weighted by atomic mass is 16.3. The van der Waals surface area contributed by atoms with Crippen LogP contribution in [-0.4, -0.2) is 29.6 Å². The number of aliphatic hydroxyl groups is 1. The molecule has 0 amide bonds. The third kappa shape index (κ3) is 2.50. The molecule has 2 aromatic rings. The molecule has 1 saturated heterocycles. The molecule has 0 spiro atoms. The summed E-state index contributed by atoms with van der Waals surface area (Å²) in [6, 6.07) is 18.5. The molecule has 0 saturated carbocycles. The molecule has 0 aliphatic carbocycles. The van der Waals surface area contributed by atoms with E-state index in [4.69, 9.17) is 0 Å². The third-order valence-corrected chi connectivity index (χ3v) is 4.71. The van der Waals surface area contributed by atoms with Crippen LogP contribution in [0.25, 0.3) is 0 Å². The Morgan fingerprint density at radius 1 is 1.00 bits per heavy atom. The number of rotatable bonds is 3. The average Bonchev–Trinajstić information content (AvgIpc) is 2.95. The lowest BCUT2D eigenvalue weighted by molar-refractivity contribution is 0.00468. The van der Waals surface area contributed by atoms with Crippen molar-refractivity contribution in [3.63, 3.8) is 0 Å². The van der Waals surface area contributed by atoms with E-state index >= 15 is 0 Å². The molecule has 2 nitrogen and oxygen atoms in total. The number of likely N-dealkylation sites (tertiary alicyclic amines) is 1. The lowest BCUT2D eigenvalue weighted by Gasteiger charge is -2.39. The lowest BCUT2D eigenvalue weighted by Crippen LogP contribution is -2.46. The number of nitrogens with zero attached hydrogens (tertiary/aromatic N) is 1. The van der Waals surface area contributed by atoms with Crippen LogP contribution in [0.4, 0.5) is 0 Å². The van der Waals surface area contributed by atoms with Crippen LogP contribution in [0.5, 0.6) is 0 Å². The second-order valence-corrected chi connectivity index (χ2v) is 6.14. The van der Waals surface area contributed by atoms with Crippen molar-refractivity contribution in [3.8, 4) is 0 Å². The van der Waals surface area contributed by atoms with Crippen molar-refractivity contribution < 1.29 is 5.11 Å². The molecule has 2 heteroatoms. The standard InChI is InChI=1S/C19H23NO/c1-15-10-12-17(13-11-15)19(21,16-7-4-3-5-8-16)18-9-6-14-20(18)2/h3-5,7-8,10-13,18,21H,6,9,14H2,1-2H3/t18-,19?/m0/s1. The lowest BCUT2D eigenvalue weighted by atomic mass is 9.79. The van der Waals surface area contributed by atoms with Crippen molar-refractivity contribution in [2.75, 3.05) is 13.6 Å². The largest absolute Gasteiger partial charge is 0.379 e. The summed E-state index contributed by atoms with van der Waals surface area (Å²) in [7, 11) is 2.11. The van der Waals surface area contributed by atoms with Crippen LogP contribution in [0.3, 0.4) is 0 Å². The molecule has 0 aromatic heterocycles. The molecule has 0 bridgehead atoms. The van der Waals surface area contributed by atoms with Gasteiger partial charge >= 0.3 is 0 Å². The van der Waals surface area contributed by atoms with Gasteiger partial charge in [0.25, 0.3) is 0 Å². The molecule has 1 N–H and O–H groups in total. The molecule has 1 fully saturated rings. The van der Waals surface area contributed by atoms with Crippen LogP contribution < -0.4 is 0 Å². The molecule has 2 atom stereocenters. The molecular weight excluding hydrogens is 258 g/mol. The van der Waals surface area contributed by atoms with Crippen molar-refractivity contribution in [1.29, 1.82) is 0 Å². The summed E-state index contributed by atoms with van der Waals surface area (Å²) in [5.41, 5.74) is 2.24. The van der Waals surface area contributed by atoms with Gasteiger partial charge in [0.05, 0.1) is 0 Å². The zero-order chi connectivity index (χ0) is 14.9. The predicted molar refractivity (Wildman–Crippen MR) is 86.3 cm³/mol. The van der Waals surface area contributed by atoms with Gasteiger partial charge in [0.2, 0.25) is 0 Å². The molecule has 110 valence electrons. The Morgan fingerprint density at radius 3 is 2.19 bits per heavy atom. The van der Waals surface area contributed by atoms with Gasteiger partial charge in [0.15, 0.2) is 0 Å². The van der Waals surface area contributed by atoms with Gasteiger partial charge in [-0.25, -0.2) is 0 Å². The summed E-state index contributed by atoms with van der Waals surface area (Å²) in [5.74, 6) is 0. The quantitative estimate of drug-likeness (QED) is 0.933. The first-order valence-corrected chi connectivity index (χ1v) is 7.67. The third-order valence-electron chi connectivity index (χ3n) is 4.71. The molecule has 1 aliphatic heterocycles. The molecule has 1 aliphatic rings. The zero-order valence-corrected chi connectivity index (χ0v) is 12.8. The van der Waals surface area contributed by atoms with Gasteiger partial charge < -0.3 is 5.11 Å². The molecule has 3 rings (SSSR count). The van der Waals surface area contributed by atoms with E-state index in [-0.39, 0.29) is 6.04 Å². The van der Waals surface area contributed by atoms with Crippen molar-refractivity contribution in [1.82, 2.24) is 4.90 Å². The summed E-state index contributed by atoms with van der Waals surface area (Å²) < 4.78 is 0. The number of hydrogen-bond donors (Lipinski definition) is 1. The Morgan fingerprint density at radius 2 is 1.62 bits per heavy atom. The minimum Gasteiger partial charge on any atom is -0.379 e. The second-order valence-electron chi connectivity index (χ2n) is 6.14. The topological polar surface area (TPSA) is 23.5 Å². The minimum atomic E-state index is -0.944. The van der Waals surface area contributed by atoms with Crippen LogP contribution in [0.2, 0.25) is 0 Å². The summed E-state index contributed by atoms with van der Waals surface area (Å²) >= 11 is 0. The maximum atomic E-state index is 11.7. The Bertz CT molecular complexity index is 593. The molecule has 21 heavy (non-hydrogen) atoms. The Balaban J connectivity index is 2.12. The zero-order valence-electron chi connectivity index (χ0n) is 12.8. The van der Waals surface area contributed by atoms with E-state index in [9.17, 15) is 5.11 Å². The van der Waals surface area contributed by atoms with Gasteiger partial charge in [-0.05, 0) is 44.5 Å². The Labute approximate surface area is 127 Å². The average molecular weight is 281 g/mol. The van der Waals surface area contributed by atoms with Gasteiger partial charge in [-0.15, -0.1) is 0 Å². The number of aryl methyl sites for hydroxylation is 1. The maximum Gasteiger partial charge on any atom is 0.130 e. The summed E-state index contributed by atoms with van der Waals surface area (Å²) in [4.78, 5) is 2.28. The number of benzene rings is 2. The van der Waals surface area contributed by atoms with Gasteiger partial charge in [0, 0.05) is 6.04 Å². The summed E-state index contributed by atoms with van der Waals surface area (Å²) in [6.07, 6.45) is 2.16. The van der Waals surface area contributed by atoms with E-state index in [1.54, 1.807) is 0 Å². The molecule has 0 radical (unpaired) electrons. The normalized spacial score (nSPS) is 22.1. The Kier molecular flexibility index (Phi) is 3.83. The van der Waals surface area contributed by atoms with Gasteiger partial charge in [-0.2, -0.15) is 0 Å². The van der Waals surface area contributed by atoms with Crippen LogP contribution in [0.1, 0.15) is 29.5 Å². The van der Waals surface area contributed by atoms with Crippen LogP contribution in [-0.2, 0) is 5.60 Å². The maximum absolute atomic E-state index is 11.7. The smallest absolute Gasteiger partial charge is 0.130 e. The van der Waals surface area contributed by atoms with E-state index in [0.717, 1.165) is 30.5 Å². The molecule has 2 aromatic carbocycles. The first-order valence-electron chi connectivity index (χ1n) is 7.67. The van der Waals surface area contributed by atoms with Crippen LogP contribution in [0.15, 0.2) is 54.6 Å². The van der Waals surface area contributed by atoms with Crippen molar-refractivity contribution in [3.05, 3.63) is 71.3 Å². The minimum absolute atomic E-state index is 0.127. The first kappa shape index (κ1) is 14.3. The molecule has 1 heterocycles. The van der Waals surface area contributed by atoms with Crippen molar-refractivity contribution in [2.45, 2.75) is 31.4 Å². The van der Waals surface area contributed by atoms with Crippen molar-refractivity contribution in [2.24, 2.45) is 0 Å². The van der Waals surface area contributed by atoms with Crippen LogP contribution in [0, 0.1) is 6.92 Å². The Hall–Kier alpha value is -1.64. The summed E-state index contributed by atoms with van der Waals surface area (Å²) in [6.45, 7) is 3.12. The molecule has 1 unspecified atom stereocenters. The first-order chi connectivity index (χ1) is 10.1. The fourth-order valence-corrected chi connectivity index (χ4v) is 3.49. The number of hydrogen-bond acceptors (Lipinski definition) is 2. The van der Waals surface area contributed by atoms with E-state index in [2.05, 4.69) is 43.1 Å². The van der Waals surface area contributed by atoms with E-state index in [0.29, 0.717) is 0 Å². The SMILES string of the molecule is Cc1ccc(C(O)(c2ccccc2)[C@@H]2CCCN2C)cc1. The highest BCUT2D eigenvalue weighted by molar-refractivity contribution is 5.39. The fourth-order valence-electron chi connectivity index (χ4n) is 3.49. The second kappa shape index (κ2) is 5.63. The van der Waals surface area contributed by atoms with Crippen molar-refractivity contribution >= 4 is 0 Å². The highest BCUT2D eigenvalue weighted by Crippen LogP contribution is 2.39. The summed E-state index contributed by atoms with van der Waals surface area (Å²) in [5, 5.41) is 11.7. The van der Waals surface area contributed by atoms with Gasteiger partial charge in [-0.3, -0.25) is 4.90 Å². The van der Waals surface area contributed by atoms with Gasteiger partial charge in [-0.1, -0.05) is 60.2 Å². The monoisotopic (exact) mass is 281 g/mol. The number of likely N-dealkylation sites (N-methyl/N-ethyl adjacent to an activating group) is 1. The molecular formula is C19H23NO. The van der Waals surface area contributed by atoms with E-state index in [1.807, 2.05) is 30.3 Å². The van der Waals surface area contributed by atoms with E-state index in [1.165, 1.54) is 5.56 Å². The predicted octanol–water partition coefficient (Wildman–Crippen LogP) is 3.33.